The quantitative estimate of drug-likeness (QED) is 0.886. The summed E-state index contributed by atoms with van der Waals surface area (Å²) in [5.41, 5.74) is 1.30. The molecule has 3 rings (SSSR count). The molecule has 0 spiro atoms. The Morgan fingerprint density at radius 1 is 1.12 bits per heavy atom. The molecule has 1 aliphatic rings. The molecule has 1 aromatic heterocycles. The van der Waals surface area contributed by atoms with Gasteiger partial charge in [-0.3, -0.25) is 9.69 Å². The van der Waals surface area contributed by atoms with Crippen LogP contribution in [0.25, 0.3) is 0 Å². The molecule has 1 saturated heterocycles. The lowest BCUT2D eigenvalue weighted by Gasteiger charge is -2.36. The normalized spacial score (nSPS) is 16.8. The third kappa shape index (κ3) is 4.38. The first-order valence-electron chi connectivity index (χ1n) is 8.59. The van der Waals surface area contributed by atoms with Crippen molar-refractivity contribution in [2.45, 2.75) is 19.4 Å². The molecule has 1 amide bonds. The van der Waals surface area contributed by atoms with Gasteiger partial charge in [0, 0.05) is 44.5 Å². The van der Waals surface area contributed by atoms with Crippen LogP contribution in [0, 0.1) is 0 Å². The second kappa shape index (κ2) is 8.02. The van der Waals surface area contributed by atoms with Crippen molar-refractivity contribution in [1.29, 1.82) is 0 Å². The van der Waals surface area contributed by atoms with Gasteiger partial charge in [0.05, 0.1) is 6.26 Å². The van der Waals surface area contributed by atoms with Gasteiger partial charge in [0.1, 0.15) is 0 Å². The summed E-state index contributed by atoms with van der Waals surface area (Å²) in [6.45, 7) is 7.28. The molecular weight excluding hydrogens is 302 g/mol. The first-order chi connectivity index (χ1) is 11.7. The molecule has 5 heteroatoms. The number of amides is 1. The lowest BCUT2D eigenvalue weighted by atomic mass is 10.2. The van der Waals surface area contributed by atoms with E-state index in [-0.39, 0.29) is 11.9 Å². The Labute approximate surface area is 143 Å². The minimum absolute atomic E-state index is 0.134. The fourth-order valence-corrected chi connectivity index (χ4v) is 3.02. The molecule has 1 aliphatic heterocycles. The number of nitrogens with one attached hydrogen (secondary N) is 1. The number of para-hydroxylation sites is 1. The third-order valence-electron chi connectivity index (χ3n) is 4.49. The molecule has 1 aromatic carbocycles. The van der Waals surface area contributed by atoms with Crippen molar-refractivity contribution in [3.05, 3.63) is 54.5 Å². The Kier molecular flexibility index (Phi) is 5.54. The van der Waals surface area contributed by atoms with E-state index in [0.717, 1.165) is 39.1 Å². The van der Waals surface area contributed by atoms with Gasteiger partial charge in [-0.1, -0.05) is 18.2 Å². The molecule has 2 heterocycles. The van der Waals surface area contributed by atoms with E-state index in [1.165, 1.54) is 12.0 Å². The largest absolute Gasteiger partial charge is 0.459 e. The van der Waals surface area contributed by atoms with Crippen LogP contribution in [-0.4, -0.2) is 49.6 Å². The molecule has 1 fully saturated rings. The highest BCUT2D eigenvalue weighted by molar-refractivity contribution is 5.91. The van der Waals surface area contributed by atoms with Crippen molar-refractivity contribution < 1.29 is 9.21 Å². The highest BCUT2D eigenvalue weighted by Gasteiger charge is 2.18. The van der Waals surface area contributed by atoms with E-state index in [1.54, 1.807) is 12.1 Å². The molecule has 1 N–H and O–H groups in total. The van der Waals surface area contributed by atoms with Gasteiger partial charge in [0.2, 0.25) is 0 Å². The summed E-state index contributed by atoms with van der Waals surface area (Å²) in [5.74, 6) is 0.236. The van der Waals surface area contributed by atoms with E-state index in [2.05, 4.69) is 45.4 Å². The van der Waals surface area contributed by atoms with Gasteiger partial charge >= 0.3 is 0 Å². The van der Waals surface area contributed by atoms with Crippen molar-refractivity contribution >= 4 is 11.6 Å². The Bertz CT molecular complexity index is 619. The van der Waals surface area contributed by atoms with Crippen LogP contribution >= 0.6 is 0 Å². The average Bonchev–Trinajstić information content (AvgIpc) is 3.16. The highest BCUT2D eigenvalue weighted by atomic mass is 16.3. The van der Waals surface area contributed by atoms with Gasteiger partial charge in [-0.05, 0) is 37.6 Å². The van der Waals surface area contributed by atoms with E-state index >= 15 is 0 Å². The van der Waals surface area contributed by atoms with E-state index < -0.39 is 0 Å². The molecule has 24 heavy (non-hydrogen) atoms. The van der Waals surface area contributed by atoms with Crippen LogP contribution in [0.15, 0.2) is 53.1 Å². The molecule has 0 aliphatic carbocycles. The van der Waals surface area contributed by atoms with Crippen LogP contribution in [0.3, 0.4) is 0 Å². The maximum atomic E-state index is 11.9. The molecule has 128 valence electrons. The minimum atomic E-state index is -0.138. The summed E-state index contributed by atoms with van der Waals surface area (Å²) in [5, 5.41) is 2.99. The number of hydrogen-bond donors (Lipinski definition) is 1. The Morgan fingerprint density at radius 2 is 1.88 bits per heavy atom. The number of rotatable bonds is 6. The van der Waals surface area contributed by atoms with Gasteiger partial charge < -0.3 is 14.6 Å². The molecule has 0 saturated carbocycles. The smallest absolute Gasteiger partial charge is 0.287 e. The van der Waals surface area contributed by atoms with E-state index in [9.17, 15) is 4.79 Å². The monoisotopic (exact) mass is 327 g/mol. The second-order valence-electron chi connectivity index (χ2n) is 6.30. The van der Waals surface area contributed by atoms with E-state index in [4.69, 9.17) is 4.42 Å². The average molecular weight is 327 g/mol. The molecule has 0 bridgehead atoms. The van der Waals surface area contributed by atoms with Crippen molar-refractivity contribution in [3.8, 4) is 0 Å². The number of carbonyl (C=O) groups is 1. The van der Waals surface area contributed by atoms with Crippen LogP contribution in [0.1, 0.15) is 23.9 Å². The van der Waals surface area contributed by atoms with Crippen molar-refractivity contribution in [2.24, 2.45) is 0 Å². The number of anilines is 1. The number of furan rings is 1. The van der Waals surface area contributed by atoms with Crippen molar-refractivity contribution in [2.75, 3.05) is 37.6 Å². The van der Waals surface area contributed by atoms with Crippen LogP contribution in [0.5, 0.6) is 0 Å². The Morgan fingerprint density at radius 3 is 2.54 bits per heavy atom. The zero-order chi connectivity index (χ0) is 16.8. The molecule has 1 unspecified atom stereocenters. The first kappa shape index (κ1) is 16.6. The van der Waals surface area contributed by atoms with Crippen LogP contribution in [0.4, 0.5) is 5.69 Å². The lowest BCUT2D eigenvalue weighted by Crippen LogP contribution is -2.47. The number of hydrogen-bond acceptors (Lipinski definition) is 4. The van der Waals surface area contributed by atoms with Crippen molar-refractivity contribution in [3.63, 3.8) is 0 Å². The highest BCUT2D eigenvalue weighted by Crippen LogP contribution is 2.15. The predicted octanol–water partition coefficient (Wildman–Crippen LogP) is 2.61. The summed E-state index contributed by atoms with van der Waals surface area (Å²) in [4.78, 5) is 16.8. The standard InChI is InChI=1S/C19H25N3O2/c1-16(20-19(23)18-8-5-15-24-18)9-10-21-11-13-22(14-12-21)17-6-3-2-4-7-17/h2-8,15-16H,9-14H2,1H3,(H,20,23). The number of benzene rings is 1. The summed E-state index contributed by atoms with van der Waals surface area (Å²) >= 11 is 0. The summed E-state index contributed by atoms with van der Waals surface area (Å²) in [6.07, 6.45) is 2.46. The van der Waals surface area contributed by atoms with Gasteiger partial charge in [0.15, 0.2) is 5.76 Å². The van der Waals surface area contributed by atoms with Crippen LogP contribution < -0.4 is 10.2 Å². The van der Waals surface area contributed by atoms with Crippen LogP contribution in [0.2, 0.25) is 0 Å². The fourth-order valence-electron chi connectivity index (χ4n) is 3.02. The fraction of sp³-hybridized carbons (Fsp3) is 0.421. The van der Waals surface area contributed by atoms with Crippen LogP contribution in [-0.2, 0) is 0 Å². The summed E-state index contributed by atoms with van der Waals surface area (Å²) in [7, 11) is 0. The number of nitrogens with zero attached hydrogens (tertiary/aromatic N) is 2. The maximum absolute atomic E-state index is 11.9. The van der Waals surface area contributed by atoms with Gasteiger partial charge in [-0.2, -0.15) is 0 Å². The Hall–Kier alpha value is -2.27. The second-order valence-corrected chi connectivity index (χ2v) is 6.30. The molecule has 2 aromatic rings. The predicted molar refractivity (Wildman–Crippen MR) is 95.3 cm³/mol. The molecular formula is C19H25N3O2. The van der Waals surface area contributed by atoms with Gasteiger partial charge in [0.25, 0.3) is 5.91 Å². The zero-order valence-corrected chi connectivity index (χ0v) is 14.1. The molecule has 0 radical (unpaired) electrons. The lowest BCUT2D eigenvalue weighted by molar-refractivity contribution is 0.0907. The summed E-state index contributed by atoms with van der Waals surface area (Å²) < 4.78 is 5.12. The van der Waals surface area contributed by atoms with Gasteiger partial charge in [-0.25, -0.2) is 0 Å². The number of carbonyl (C=O) groups excluding carboxylic acids is 1. The molecule has 1 atom stereocenters. The van der Waals surface area contributed by atoms with Gasteiger partial charge in [-0.15, -0.1) is 0 Å². The number of piperazine rings is 1. The Balaban J connectivity index is 1.38. The first-order valence-corrected chi connectivity index (χ1v) is 8.59. The third-order valence-corrected chi connectivity index (χ3v) is 4.49. The van der Waals surface area contributed by atoms with E-state index in [0.29, 0.717) is 5.76 Å². The summed E-state index contributed by atoms with van der Waals surface area (Å²) in [6, 6.07) is 14.1. The van der Waals surface area contributed by atoms with Crippen molar-refractivity contribution in [1.82, 2.24) is 10.2 Å². The zero-order valence-electron chi connectivity index (χ0n) is 14.1. The maximum Gasteiger partial charge on any atom is 0.287 e. The minimum Gasteiger partial charge on any atom is -0.459 e. The topological polar surface area (TPSA) is 48.7 Å². The molecule has 5 nitrogen and oxygen atoms in total. The van der Waals surface area contributed by atoms with E-state index in [1.807, 2.05) is 6.92 Å². The SMILES string of the molecule is CC(CCN1CCN(c2ccccc2)CC1)NC(=O)c1ccco1.